The van der Waals surface area contributed by atoms with E-state index in [0.717, 1.165) is 30.5 Å². The van der Waals surface area contributed by atoms with Crippen molar-refractivity contribution in [2.24, 2.45) is 5.92 Å². The van der Waals surface area contributed by atoms with Crippen LogP contribution in [0.25, 0.3) is 5.57 Å². The maximum absolute atomic E-state index is 15.2. The van der Waals surface area contributed by atoms with Crippen molar-refractivity contribution in [3.63, 3.8) is 0 Å². The Morgan fingerprint density at radius 2 is 2.12 bits per heavy atom. The molecule has 1 aliphatic carbocycles. The predicted molar refractivity (Wildman–Crippen MR) is 98.4 cm³/mol. The summed E-state index contributed by atoms with van der Waals surface area (Å²) in [4.78, 5) is 4.27. The lowest BCUT2D eigenvalue weighted by molar-refractivity contribution is 0.0728. The van der Waals surface area contributed by atoms with Gasteiger partial charge in [0.05, 0.1) is 24.3 Å². The number of hydrogen-bond donors (Lipinski definition) is 0. The molecular formula is C21H27FN2. The average Bonchev–Trinajstić information content (AvgIpc) is 3.14. The summed E-state index contributed by atoms with van der Waals surface area (Å²) in [5.41, 5.74) is 2.36. The van der Waals surface area contributed by atoms with Crippen molar-refractivity contribution in [3.8, 4) is 0 Å². The summed E-state index contributed by atoms with van der Waals surface area (Å²) < 4.78 is 17.3. The molecule has 0 amide bonds. The van der Waals surface area contributed by atoms with Crippen LogP contribution in [0.4, 0.5) is 4.39 Å². The Morgan fingerprint density at radius 1 is 1.38 bits per heavy atom. The van der Waals surface area contributed by atoms with E-state index in [1.807, 2.05) is 24.7 Å². The largest absolute Gasteiger partial charge is 0.323 e. The number of rotatable bonds is 6. The number of allylic oxidation sites excluding steroid dienone is 6. The number of halogens is 1. The minimum Gasteiger partial charge on any atom is -0.323 e. The van der Waals surface area contributed by atoms with Crippen LogP contribution >= 0.6 is 0 Å². The van der Waals surface area contributed by atoms with Crippen LogP contribution < -0.4 is 0 Å². The third-order valence-electron chi connectivity index (χ3n) is 5.60. The summed E-state index contributed by atoms with van der Waals surface area (Å²) in [6.45, 7) is 9.94. The zero-order valence-electron chi connectivity index (χ0n) is 14.5. The molecule has 1 unspecified atom stereocenters. The molecule has 1 aromatic rings. The zero-order chi connectivity index (χ0) is 17.2. The number of fused-ring (bicyclic) bond motifs is 1. The fourth-order valence-corrected chi connectivity index (χ4v) is 4.05. The molecule has 0 aromatic carbocycles. The van der Waals surface area contributed by atoms with Gasteiger partial charge in [0.2, 0.25) is 0 Å². The highest BCUT2D eigenvalue weighted by molar-refractivity contribution is 5.79. The number of nitrogens with zero attached hydrogens (tertiary/aromatic N) is 2. The fraction of sp³-hybridized carbons (Fsp3) is 0.476. The number of aromatic nitrogens is 2. The summed E-state index contributed by atoms with van der Waals surface area (Å²) in [5, 5.41) is 0. The van der Waals surface area contributed by atoms with E-state index in [4.69, 9.17) is 0 Å². The molecule has 1 saturated carbocycles. The zero-order valence-corrected chi connectivity index (χ0v) is 14.5. The maximum atomic E-state index is 15.2. The van der Waals surface area contributed by atoms with Crippen molar-refractivity contribution in [1.29, 1.82) is 0 Å². The van der Waals surface area contributed by atoms with E-state index in [9.17, 15) is 0 Å². The molecule has 1 fully saturated rings. The van der Waals surface area contributed by atoms with Gasteiger partial charge in [-0.2, -0.15) is 0 Å². The van der Waals surface area contributed by atoms with Gasteiger partial charge >= 0.3 is 0 Å². The van der Waals surface area contributed by atoms with Crippen LogP contribution in [0.15, 0.2) is 55.6 Å². The van der Waals surface area contributed by atoms with Gasteiger partial charge in [0, 0.05) is 5.57 Å². The van der Waals surface area contributed by atoms with Crippen LogP contribution in [-0.4, -0.2) is 15.2 Å². The summed E-state index contributed by atoms with van der Waals surface area (Å²) in [7, 11) is 0. The average molecular weight is 326 g/mol. The SMILES string of the molecule is C=C/C=C\C1=C(C=C)c2cncn2C1CCC1(F)CCC(C)CC1. The van der Waals surface area contributed by atoms with Crippen LogP contribution in [0, 0.1) is 5.92 Å². The van der Waals surface area contributed by atoms with Crippen molar-refractivity contribution in [2.75, 3.05) is 0 Å². The molecule has 2 nitrogen and oxygen atoms in total. The quantitative estimate of drug-likeness (QED) is 0.602. The molecule has 0 bridgehead atoms. The summed E-state index contributed by atoms with van der Waals surface area (Å²) >= 11 is 0. The van der Waals surface area contributed by atoms with E-state index in [0.29, 0.717) is 25.2 Å². The monoisotopic (exact) mass is 326 g/mol. The Kier molecular flexibility index (Phi) is 4.88. The number of hydrogen-bond acceptors (Lipinski definition) is 1. The predicted octanol–water partition coefficient (Wildman–Crippen LogP) is 5.82. The van der Waals surface area contributed by atoms with E-state index in [-0.39, 0.29) is 6.04 Å². The van der Waals surface area contributed by atoms with Crippen molar-refractivity contribution >= 4 is 5.57 Å². The molecule has 1 aromatic heterocycles. The van der Waals surface area contributed by atoms with Gasteiger partial charge in [0.15, 0.2) is 0 Å². The molecule has 1 atom stereocenters. The van der Waals surface area contributed by atoms with Gasteiger partial charge in [-0.3, -0.25) is 0 Å². The van der Waals surface area contributed by atoms with Gasteiger partial charge in [0.1, 0.15) is 5.67 Å². The summed E-state index contributed by atoms with van der Waals surface area (Å²) in [5.74, 6) is 0.666. The Morgan fingerprint density at radius 3 is 2.79 bits per heavy atom. The van der Waals surface area contributed by atoms with Crippen LogP contribution in [0.2, 0.25) is 0 Å². The molecule has 2 aliphatic rings. The second kappa shape index (κ2) is 6.92. The number of imidazole rings is 1. The Balaban J connectivity index is 1.80. The van der Waals surface area contributed by atoms with Crippen molar-refractivity contribution < 1.29 is 4.39 Å². The molecule has 2 heterocycles. The first-order valence-electron chi connectivity index (χ1n) is 8.95. The fourth-order valence-electron chi connectivity index (χ4n) is 4.05. The van der Waals surface area contributed by atoms with Crippen LogP contribution in [0.3, 0.4) is 0 Å². The lowest BCUT2D eigenvalue weighted by Gasteiger charge is -2.33. The molecule has 3 rings (SSSR count). The van der Waals surface area contributed by atoms with Gasteiger partial charge < -0.3 is 4.57 Å². The first-order valence-corrected chi connectivity index (χ1v) is 8.95. The van der Waals surface area contributed by atoms with Gasteiger partial charge in [-0.1, -0.05) is 44.4 Å². The molecule has 24 heavy (non-hydrogen) atoms. The van der Waals surface area contributed by atoms with Crippen LogP contribution in [0.1, 0.15) is 57.2 Å². The highest BCUT2D eigenvalue weighted by Crippen LogP contribution is 2.44. The minimum atomic E-state index is -1.00. The normalized spacial score (nSPS) is 29.9. The number of alkyl halides is 1. The van der Waals surface area contributed by atoms with E-state index in [1.165, 1.54) is 5.57 Å². The van der Waals surface area contributed by atoms with Gasteiger partial charge in [0.25, 0.3) is 0 Å². The standard InChI is InChI=1S/C21H27FN2/c1-4-6-7-18-17(5-2)20-14-23-15-24(20)19(18)10-13-21(22)11-8-16(3)9-12-21/h4-7,14-16,19H,1-2,8-13H2,3H3/b7-6-. The Bertz CT molecular complexity index is 672. The molecule has 3 heteroatoms. The Labute approximate surface area is 144 Å². The van der Waals surface area contributed by atoms with Crippen LogP contribution in [-0.2, 0) is 0 Å². The van der Waals surface area contributed by atoms with Gasteiger partial charge in [-0.25, -0.2) is 9.37 Å². The maximum Gasteiger partial charge on any atom is 0.111 e. The molecule has 0 radical (unpaired) electrons. The molecule has 0 spiro atoms. The van der Waals surface area contributed by atoms with E-state index >= 15 is 4.39 Å². The first kappa shape index (κ1) is 16.9. The molecule has 128 valence electrons. The molecule has 0 N–H and O–H groups in total. The molecule has 0 saturated heterocycles. The summed E-state index contributed by atoms with van der Waals surface area (Å²) in [6, 6.07) is 0.138. The highest BCUT2D eigenvalue weighted by atomic mass is 19.1. The third kappa shape index (κ3) is 3.17. The van der Waals surface area contributed by atoms with Gasteiger partial charge in [-0.05, 0) is 50.0 Å². The van der Waals surface area contributed by atoms with Crippen molar-refractivity contribution in [1.82, 2.24) is 9.55 Å². The molecular weight excluding hydrogens is 299 g/mol. The van der Waals surface area contributed by atoms with E-state index < -0.39 is 5.67 Å². The summed E-state index contributed by atoms with van der Waals surface area (Å²) in [6.07, 6.45) is 16.2. The molecule has 1 aliphatic heterocycles. The second-order valence-corrected chi connectivity index (χ2v) is 7.24. The topological polar surface area (TPSA) is 17.8 Å². The van der Waals surface area contributed by atoms with Crippen molar-refractivity contribution in [3.05, 3.63) is 61.3 Å². The van der Waals surface area contributed by atoms with E-state index in [2.05, 4.69) is 35.7 Å². The lowest BCUT2D eigenvalue weighted by atomic mass is 9.77. The Hall–Kier alpha value is -1.90. The van der Waals surface area contributed by atoms with Crippen LogP contribution in [0.5, 0.6) is 0 Å². The van der Waals surface area contributed by atoms with E-state index in [1.54, 1.807) is 6.08 Å². The van der Waals surface area contributed by atoms with Crippen molar-refractivity contribution in [2.45, 2.75) is 57.2 Å². The first-order chi connectivity index (χ1) is 11.6. The van der Waals surface area contributed by atoms with Gasteiger partial charge in [-0.15, -0.1) is 0 Å². The minimum absolute atomic E-state index is 0.138. The highest BCUT2D eigenvalue weighted by Gasteiger charge is 2.36. The third-order valence-corrected chi connectivity index (χ3v) is 5.60. The lowest BCUT2D eigenvalue weighted by Crippen LogP contribution is -2.29. The smallest absolute Gasteiger partial charge is 0.111 e. The second-order valence-electron chi connectivity index (χ2n) is 7.24.